The highest BCUT2D eigenvalue weighted by atomic mass is 35.5. The molecule has 0 aliphatic heterocycles. The van der Waals surface area contributed by atoms with Gasteiger partial charge < -0.3 is 4.74 Å². The van der Waals surface area contributed by atoms with E-state index in [4.69, 9.17) is 16.3 Å². The minimum Gasteiger partial charge on any atom is -0.493 e. The molecule has 2 aromatic carbocycles. The Labute approximate surface area is 118 Å². The van der Waals surface area contributed by atoms with Gasteiger partial charge in [-0.3, -0.25) is 4.79 Å². The lowest BCUT2D eigenvalue weighted by Gasteiger charge is -2.06. The van der Waals surface area contributed by atoms with Crippen LogP contribution in [0.2, 0.25) is 5.02 Å². The highest BCUT2D eigenvalue weighted by Gasteiger charge is 2.05. The Kier molecular flexibility index (Phi) is 4.58. The minimum atomic E-state index is 0.0596. The van der Waals surface area contributed by atoms with Gasteiger partial charge in [-0.2, -0.15) is 0 Å². The molecule has 0 amide bonds. The number of rotatable bonds is 5. The van der Waals surface area contributed by atoms with Gasteiger partial charge in [0.25, 0.3) is 0 Å². The molecule has 0 unspecified atom stereocenters. The molecule has 2 nitrogen and oxygen atoms in total. The van der Waals surface area contributed by atoms with E-state index in [-0.39, 0.29) is 5.78 Å². The number of ether oxygens (including phenoxy) is 1. The second-order valence-corrected chi connectivity index (χ2v) is 4.78. The van der Waals surface area contributed by atoms with Gasteiger partial charge >= 0.3 is 0 Å². The zero-order valence-electron chi connectivity index (χ0n) is 10.7. The molecule has 3 heteroatoms. The zero-order chi connectivity index (χ0) is 13.7. The number of benzene rings is 2. The summed E-state index contributed by atoms with van der Waals surface area (Å²) in [7, 11) is 0. The second kappa shape index (κ2) is 6.39. The maximum Gasteiger partial charge on any atom is 0.166 e. The summed E-state index contributed by atoms with van der Waals surface area (Å²) in [6.07, 6.45) is 0.357. The van der Waals surface area contributed by atoms with Crippen LogP contribution in [0, 0.1) is 6.92 Å². The van der Waals surface area contributed by atoms with Gasteiger partial charge in [-0.15, -0.1) is 0 Å². The number of carbonyl (C=O) groups is 1. The number of hydrogen-bond acceptors (Lipinski definition) is 2. The summed E-state index contributed by atoms with van der Waals surface area (Å²) in [6, 6.07) is 14.7. The fourth-order valence-electron chi connectivity index (χ4n) is 1.75. The van der Waals surface area contributed by atoms with Crippen molar-refractivity contribution >= 4 is 17.4 Å². The SMILES string of the molecule is Cc1cccc(OCCC(=O)c2ccc(Cl)cc2)c1. The third-order valence-electron chi connectivity index (χ3n) is 2.75. The van der Waals surface area contributed by atoms with Gasteiger partial charge in [0.05, 0.1) is 6.61 Å². The summed E-state index contributed by atoms with van der Waals surface area (Å²) in [5, 5.41) is 0.632. The number of ketones is 1. The zero-order valence-corrected chi connectivity index (χ0v) is 11.5. The molecule has 0 bridgehead atoms. The van der Waals surface area contributed by atoms with Gasteiger partial charge in [0.1, 0.15) is 5.75 Å². The van der Waals surface area contributed by atoms with E-state index < -0.39 is 0 Å². The van der Waals surface area contributed by atoms with E-state index in [0.717, 1.165) is 11.3 Å². The molecule has 0 aliphatic carbocycles. The lowest BCUT2D eigenvalue weighted by atomic mass is 10.1. The number of hydrogen-bond donors (Lipinski definition) is 0. The fraction of sp³-hybridized carbons (Fsp3) is 0.188. The first-order valence-electron chi connectivity index (χ1n) is 6.13. The molecule has 19 heavy (non-hydrogen) atoms. The Morgan fingerprint density at radius 1 is 1.16 bits per heavy atom. The lowest BCUT2D eigenvalue weighted by Crippen LogP contribution is -2.06. The predicted octanol–water partition coefficient (Wildman–Crippen LogP) is 4.30. The van der Waals surface area contributed by atoms with Crippen LogP contribution in [0.5, 0.6) is 5.75 Å². The number of halogens is 1. The minimum absolute atomic E-state index is 0.0596. The highest BCUT2D eigenvalue weighted by Crippen LogP contribution is 2.14. The molecule has 0 heterocycles. The van der Waals surface area contributed by atoms with Crippen LogP contribution in [0.1, 0.15) is 22.3 Å². The highest BCUT2D eigenvalue weighted by molar-refractivity contribution is 6.30. The van der Waals surface area contributed by atoms with Crippen LogP contribution in [0.4, 0.5) is 0 Å². The molecule has 0 aliphatic rings. The summed E-state index contributed by atoms with van der Waals surface area (Å²) in [4.78, 5) is 11.9. The summed E-state index contributed by atoms with van der Waals surface area (Å²) in [5.41, 5.74) is 1.80. The Morgan fingerprint density at radius 2 is 1.89 bits per heavy atom. The van der Waals surface area contributed by atoms with Crippen molar-refractivity contribution < 1.29 is 9.53 Å². The average molecular weight is 275 g/mol. The number of aryl methyl sites for hydroxylation is 1. The average Bonchev–Trinajstić information content (AvgIpc) is 2.39. The van der Waals surface area contributed by atoms with Crippen LogP contribution >= 0.6 is 11.6 Å². The van der Waals surface area contributed by atoms with Crippen LogP contribution in [-0.2, 0) is 0 Å². The summed E-state index contributed by atoms with van der Waals surface area (Å²) < 4.78 is 5.56. The van der Waals surface area contributed by atoms with E-state index in [9.17, 15) is 4.79 Å². The molecular weight excluding hydrogens is 260 g/mol. The van der Waals surface area contributed by atoms with E-state index in [2.05, 4.69) is 0 Å². The van der Waals surface area contributed by atoms with Crippen LogP contribution < -0.4 is 4.74 Å². The van der Waals surface area contributed by atoms with Gasteiger partial charge in [0.2, 0.25) is 0 Å². The lowest BCUT2D eigenvalue weighted by molar-refractivity contribution is 0.0962. The standard InChI is InChI=1S/C16H15ClO2/c1-12-3-2-4-15(11-12)19-10-9-16(18)13-5-7-14(17)8-6-13/h2-8,11H,9-10H2,1H3. The Morgan fingerprint density at radius 3 is 2.58 bits per heavy atom. The van der Waals surface area contributed by atoms with Crippen molar-refractivity contribution in [3.63, 3.8) is 0 Å². The molecule has 0 atom stereocenters. The van der Waals surface area contributed by atoms with Gasteiger partial charge in [0, 0.05) is 17.0 Å². The second-order valence-electron chi connectivity index (χ2n) is 4.35. The molecule has 2 aromatic rings. The molecule has 0 radical (unpaired) electrons. The molecule has 98 valence electrons. The van der Waals surface area contributed by atoms with Crippen LogP contribution in [-0.4, -0.2) is 12.4 Å². The molecule has 2 rings (SSSR count). The van der Waals surface area contributed by atoms with Crippen molar-refractivity contribution in [2.24, 2.45) is 0 Å². The van der Waals surface area contributed by atoms with Crippen molar-refractivity contribution in [2.75, 3.05) is 6.61 Å². The first-order chi connectivity index (χ1) is 9.15. The van der Waals surface area contributed by atoms with Crippen molar-refractivity contribution in [1.29, 1.82) is 0 Å². The topological polar surface area (TPSA) is 26.3 Å². The molecule has 0 saturated heterocycles. The molecule has 0 fully saturated rings. The van der Waals surface area contributed by atoms with Gasteiger partial charge in [0.15, 0.2) is 5.78 Å². The van der Waals surface area contributed by atoms with Crippen LogP contribution in [0.15, 0.2) is 48.5 Å². The first-order valence-corrected chi connectivity index (χ1v) is 6.51. The Hall–Kier alpha value is -1.80. The molecule has 0 saturated carbocycles. The summed E-state index contributed by atoms with van der Waals surface area (Å²) in [5.74, 6) is 0.855. The van der Waals surface area contributed by atoms with Crippen LogP contribution in [0.3, 0.4) is 0 Å². The smallest absolute Gasteiger partial charge is 0.166 e. The van der Waals surface area contributed by atoms with E-state index in [1.54, 1.807) is 24.3 Å². The van der Waals surface area contributed by atoms with Gasteiger partial charge in [-0.1, -0.05) is 23.7 Å². The Bertz CT molecular complexity index is 561. The quantitative estimate of drug-likeness (QED) is 0.760. The fourth-order valence-corrected chi connectivity index (χ4v) is 1.87. The first kappa shape index (κ1) is 13.6. The van der Waals surface area contributed by atoms with Crippen molar-refractivity contribution in [1.82, 2.24) is 0 Å². The summed E-state index contributed by atoms with van der Waals surface area (Å²) >= 11 is 5.78. The van der Waals surface area contributed by atoms with Crippen molar-refractivity contribution in [2.45, 2.75) is 13.3 Å². The predicted molar refractivity (Wildman–Crippen MR) is 77.1 cm³/mol. The van der Waals surface area contributed by atoms with E-state index >= 15 is 0 Å². The number of Topliss-reactive ketones (excluding diaryl/α,β-unsaturated/α-hetero) is 1. The largest absolute Gasteiger partial charge is 0.493 e. The van der Waals surface area contributed by atoms with Crippen LogP contribution in [0.25, 0.3) is 0 Å². The normalized spacial score (nSPS) is 10.2. The maximum absolute atomic E-state index is 11.9. The molecular formula is C16H15ClO2. The summed E-state index contributed by atoms with van der Waals surface area (Å²) in [6.45, 7) is 2.39. The third kappa shape index (κ3) is 4.11. The van der Waals surface area contributed by atoms with E-state index in [1.165, 1.54) is 0 Å². The number of carbonyl (C=O) groups excluding carboxylic acids is 1. The van der Waals surface area contributed by atoms with Gasteiger partial charge in [-0.25, -0.2) is 0 Å². The van der Waals surface area contributed by atoms with Crippen molar-refractivity contribution in [3.05, 3.63) is 64.7 Å². The molecule has 0 spiro atoms. The van der Waals surface area contributed by atoms with Gasteiger partial charge in [-0.05, 0) is 48.9 Å². The van der Waals surface area contributed by atoms with E-state index in [0.29, 0.717) is 23.6 Å². The molecule has 0 N–H and O–H groups in total. The van der Waals surface area contributed by atoms with E-state index in [1.807, 2.05) is 31.2 Å². The maximum atomic E-state index is 11.9. The Balaban J connectivity index is 1.86. The third-order valence-corrected chi connectivity index (χ3v) is 3.01. The molecule has 0 aromatic heterocycles. The monoisotopic (exact) mass is 274 g/mol. The van der Waals surface area contributed by atoms with Crippen molar-refractivity contribution in [3.8, 4) is 5.75 Å².